The Morgan fingerprint density at radius 1 is 1.04 bits per heavy atom. The number of aromatic nitrogens is 3. The van der Waals surface area contributed by atoms with E-state index in [0.717, 1.165) is 49.7 Å². The molecule has 10 nitrogen and oxygen atoms in total. The highest BCUT2D eigenvalue weighted by atomic mass is 16.3. The van der Waals surface area contributed by atoms with Crippen molar-refractivity contribution in [2.75, 3.05) is 7.05 Å². The second kappa shape index (κ2) is 11.7. The van der Waals surface area contributed by atoms with E-state index in [2.05, 4.69) is 68.5 Å². The minimum atomic E-state index is -1.46. The highest BCUT2D eigenvalue weighted by molar-refractivity contribution is 5.80. The average molecular weight is 719 g/mol. The Kier molecular flexibility index (Phi) is 7.48. The summed E-state index contributed by atoms with van der Waals surface area (Å²) in [6.07, 6.45) is 15.9. The third-order valence-electron chi connectivity index (χ3n) is 15.9. The molecular weight excluding hydrogens is 665 g/mol. The number of aliphatic imine (C=N–C) groups is 1. The van der Waals surface area contributed by atoms with Crippen molar-refractivity contribution < 1.29 is 20.4 Å². The molecule has 8 N–H and O–H groups in total. The number of para-hydroxylation sites is 1. The molecule has 13 unspecified atom stereocenters. The maximum Gasteiger partial charge on any atom is 0.189 e. The van der Waals surface area contributed by atoms with Gasteiger partial charge in [0.1, 0.15) is 0 Å². The predicted octanol–water partition coefficient (Wildman–Crippen LogP) is 4.05. The molecule has 0 radical (unpaired) electrons. The first kappa shape index (κ1) is 33.9. The first-order valence-corrected chi connectivity index (χ1v) is 20.1. The maximum atomic E-state index is 13.1. The fraction of sp³-hybridized carbons (Fsp3) is 0.628. The number of allylic oxidation sites excluding steroid dienone is 2. The molecule has 2 heterocycles. The van der Waals surface area contributed by atoms with Crippen molar-refractivity contribution in [1.82, 2.24) is 19.9 Å². The number of nitrogens with zero attached hydrogens (tertiary/aromatic N) is 3. The Balaban J connectivity index is 1.20. The number of aromatic amines is 1. The topological polar surface area (TPSA) is 165 Å². The highest BCUT2D eigenvalue weighted by Crippen LogP contribution is 2.76. The van der Waals surface area contributed by atoms with Crippen molar-refractivity contribution >= 4 is 16.9 Å². The number of aliphatic hydroxyl groups is 4. The van der Waals surface area contributed by atoms with Crippen LogP contribution in [0, 0.1) is 58.2 Å². The fourth-order valence-electron chi connectivity index (χ4n) is 14.3. The number of rotatable bonds is 5. The smallest absolute Gasteiger partial charge is 0.189 e. The minimum Gasteiger partial charge on any atom is -0.390 e. The first-order chi connectivity index (χ1) is 25.5. The second-order valence-corrected chi connectivity index (χ2v) is 18.4. The van der Waals surface area contributed by atoms with E-state index in [9.17, 15) is 20.4 Å². The summed E-state index contributed by atoms with van der Waals surface area (Å²) in [5, 5.41) is 55.0. The van der Waals surface area contributed by atoms with Gasteiger partial charge in [0.05, 0.1) is 41.8 Å². The molecule has 7 aliphatic carbocycles. The summed E-state index contributed by atoms with van der Waals surface area (Å²) in [5.74, 6) is 7.49. The van der Waals surface area contributed by atoms with Gasteiger partial charge in [-0.25, -0.2) is 4.98 Å². The number of hydrogen-bond donors (Lipinski definition) is 7. The van der Waals surface area contributed by atoms with E-state index in [1.54, 1.807) is 19.6 Å². The molecule has 3 aromatic rings. The Morgan fingerprint density at radius 3 is 2.70 bits per heavy atom. The van der Waals surface area contributed by atoms with E-state index < -0.39 is 34.4 Å². The Morgan fingerprint density at radius 2 is 1.89 bits per heavy atom. The van der Waals surface area contributed by atoms with Gasteiger partial charge in [-0.1, -0.05) is 48.1 Å². The van der Waals surface area contributed by atoms with E-state index in [-0.39, 0.29) is 53.3 Å². The van der Waals surface area contributed by atoms with Gasteiger partial charge in [-0.15, -0.1) is 0 Å². The fourth-order valence-corrected chi connectivity index (χ4v) is 14.3. The second-order valence-electron chi connectivity index (χ2n) is 18.4. The van der Waals surface area contributed by atoms with Gasteiger partial charge in [0, 0.05) is 54.8 Å². The summed E-state index contributed by atoms with van der Waals surface area (Å²) >= 11 is 0. The lowest BCUT2D eigenvalue weighted by Gasteiger charge is -2.63. The van der Waals surface area contributed by atoms with E-state index in [0.29, 0.717) is 38.6 Å². The van der Waals surface area contributed by atoms with Crippen molar-refractivity contribution in [1.29, 1.82) is 0 Å². The van der Waals surface area contributed by atoms with Crippen LogP contribution in [0.15, 0.2) is 65.7 Å². The van der Waals surface area contributed by atoms with Gasteiger partial charge in [-0.2, -0.15) is 0 Å². The SMILES string of the molecule is CN=C(N)NC1C#CC2CC3(C=C(Cc4cc5ccccc5[nH]4)C24C2CCCC5(O)C6CC(O)C(O)(C1)C6C4CCC25)CCC(O)(Cn1ccnc1)C3. The zero-order valence-electron chi connectivity index (χ0n) is 30.7. The lowest BCUT2D eigenvalue weighted by atomic mass is 9.41. The molecule has 2 aromatic heterocycles. The molecule has 53 heavy (non-hydrogen) atoms. The van der Waals surface area contributed by atoms with Crippen LogP contribution in [0.3, 0.4) is 0 Å². The third kappa shape index (κ3) is 4.86. The van der Waals surface area contributed by atoms with Gasteiger partial charge in [0.25, 0.3) is 0 Å². The zero-order valence-corrected chi connectivity index (χ0v) is 30.7. The lowest BCUT2D eigenvalue weighted by Crippen LogP contribution is -2.60. The minimum absolute atomic E-state index is 0.0254. The zero-order chi connectivity index (χ0) is 36.4. The predicted molar refractivity (Wildman–Crippen MR) is 202 cm³/mol. The highest BCUT2D eigenvalue weighted by Gasteiger charge is 2.75. The van der Waals surface area contributed by atoms with E-state index in [1.807, 2.05) is 10.8 Å². The normalized spacial score (nSPS) is 45.5. The van der Waals surface area contributed by atoms with Crippen LogP contribution >= 0.6 is 0 Å². The van der Waals surface area contributed by atoms with Crippen LogP contribution < -0.4 is 11.1 Å². The van der Waals surface area contributed by atoms with Crippen LogP contribution in [0.25, 0.3) is 10.9 Å². The van der Waals surface area contributed by atoms with Gasteiger partial charge >= 0.3 is 0 Å². The molecule has 5 saturated carbocycles. The van der Waals surface area contributed by atoms with Crippen molar-refractivity contribution in [2.45, 2.75) is 113 Å². The summed E-state index contributed by atoms with van der Waals surface area (Å²) in [6.45, 7) is 0.498. The molecule has 0 saturated heterocycles. The number of hydrogen-bond acceptors (Lipinski definition) is 6. The molecule has 0 amide bonds. The Labute approximate surface area is 311 Å². The molecule has 0 aliphatic heterocycles. The van der Waals surface area contributed by atoms with Crippen LogP contribution in [-0.4, -0.2) is 76.9 Å². The molecule has 5 fully saturated rings. The Bertz CT molecular complexity index is 2020. The van der Waals surface area contributed by atoms with Gasteiger partial charge in [0.15, 0.2) is 5.96 Å². The molecule has 1 aromatic carbocycles. The molecule has 10 rings (SSSR count). The third-order valence-corrected chi connectivity index (χ3v) is 15.9. The summed E-state index contributed by atoms with van der Waals surface area (Å²) < 4.78 is 1.99. The lowest BCUT2D eigenvalue weighted by molar-refractivity contribution is -0.150. The van der Waals surface area contributed by atoms with Crippen LogP contribution in [-0.2, 0) is 13.0 Å². The van der Waals surface area contributed by atoms with Gasteiger partial charge < -0.3 is 41.0 Å². The van der Waals surface area contributed by atoms with E-state index >= 15 is 0 Å². The van der Waals surface area contributed by atoms with Crippen molar-refractivity contribution in [3.8, 4) is 11.8 Å². The monoisotopic (exact) mass is 718 g/mol. The average Bonchev–Trinajstić information content (AvgIpc) is 3.90. The molecule has 6 bridgehead atoms. The number of imidazole rings is 1. The Hall–Kier alpha value is -3.62. The molecule has 10 heteroatoms. The summed E-state index contributed by atoms with van der Waals surface area (Å²) in [4.78, 5) is 12.2. The molecular formula is C43H54N6O4. The molecule has 13 atom stereocenters. The number of nitrogens with one attached hydrogen (secondary N) is 2. The van der Waals surface area contributed by atoms with Crippen LogP contribution in [0.2, 0.25) is 0 Å². The number of aliphatic hydroxyl groups excluding tert-OH is 1. The molecule has 7 aliphatic rings. The standard InChI is InChI=1S/C43H54N6O4/c1-45-38(44)48-29-9-8-27-20-39(13-14-40(51,23-39)24-49-16-15-46-25-49)21-28(18-30-17-26-5-2-3-7-35(26)47-30)43(27)32-6-4-12-41(52)31(32)10-11-33(43)37-34(41)19-36(50)42(37,53)22-29/h2-3,5,7,15-17,21,25,27,29,31-34,36-37,47,50-53H,4,6,10-14,18-20,22-24H2,1H3,(H3,44,45,48). The van der Waals surface area contributed by atoms with Gasteiger partial charge in [-0.3, -0.25) is 4.99 Å². The van der Waals surface area contributed by atoms with Crippen molar-refractivity contribution in [3.63, 3.8) is 0 Å². The largest absolute Gasteiger partial charge is 0.390 e. The first-order valence-electron chi connectivity index (χ1n) is 20.1. The van der Waals surface area contributed by atoms with Crippen LogP contribution in [0.4, 0.5) is 0 Å². The van der Waals surface area contributed by atoms with Gasteiger partial charge in [-0.05, 0) is 110 Å². The van der Waals surface area contributed by atoms with Gasteiger partial charge in [0.2, 0.25) is 0 Å². The van der Waals surface area contributed by atoms with Crippen molar-refractivity contribution in [2.24, 2.45) is 57.1 Å². The summed E-state index contributed by atoms with van der Waals surface area (Å²) in [5.41, 5.74) is 5.91. The van der Waals surface area contributed by atoms with Crippen LogP contribution in [0.1, 0.15) is 76.3 Å². The number of benzene rings is 1. The number of H-pyrrole nitrogens is 1. The summed E-state index contributed by atoms with van der Waals surface area (Å²) in [6, 6.07) is 10.2. The van der Waals surface area contributed by atoms with E-state index in [4.69, 9.17) is 5.73 Å². The molecule has 2 spiro atoms. The number of guanidine groups is 1. The number of fused-ring (bicyclic) bond motifs is 2. The maximum absolute atomic E-state index is 13.1. The molecule has 280 valence electrons. The van der Waals surface area contributed by atoms with E-state index in [1.165, 1.54) is 11.0 Å². The number of nitrogens with two attached hydrogens (primary N) is 1. The van der Waals surface area contributed by atoms with Crippen molar-refractivity contribution in [3.05, 3.63) is 66.4 Å². The van der Waals surface area contributed by atoms with Crippen LogP contribution in [0.5, 0.6) is 0 Å². The quantitative estimate of drug-likeness (QED) is 0.0906. The summed E-state index contributed by atoms with van der Waals surface area (Å²) in [7, 11) is 1.64.